The normalized spacial score (nSPS) is 20.9. The van der Waals surface area contributed by atoms with E-state index in [1.165, 1.54) is 36.3 Å². The van der Waals surface area contributed by atoms with E-state index in [2.05, 4.69) is 4.72 Å². The van der Waals surface area contributed by atoms with Crippen molar-refractivity contribution in [2.45, 2.75) is 43.4 Å². The van der Waals surface area contributed by atoms with Gasteiger partial charge in [-0.1, -0.05) is 0 Å². The lowest BCUT2D eigenvalue weighted by Gasteiger charge is -2.21. The molecule has 2 atom stereocenters. The van der Waals surface area contributed by atoms with Crippen LogP contribution in [0.2, 0.25) is 0 Å². The number of carbonyl (C=O) groups excluding carboxylic acids is 1. The number of rotatable bonds is 6. The molecule has 1 heterocycles. The standard InChI is InChI=1S/C16H22N2O6S/c1-10(2)17-25(22,23)13-6-4-11(5-7-13)15(19)18-9-12(24-3)8-14(18)16(20)21/h4-7,10,12,14,17H,8-9H2,1-3H3,(H,20,21). The summed E-state index contributed by atoms with van der Waals surface area (Å²) in [5.74, 6) is -1.55. The number of benzene rings is 1. The van der Waals surface area contributed by atoms with E-state index in [9.17, 15) is 23.1 Å². The van der Waals surface area contributed by atoms with Crippen LogP contribution in [0.15, 0.2) is 29.2 Å². The van der Waals surface area contributed by atoms with Crippen molar-refractivity contribution in [1.82, 2.24) is 9.62 Å². The van der Waals surface area contributed by atoms with Gasteiger partial charge in [0.1, 0.15) is 6.04 Å². The number of sulfonamides is 1. The van der Waals surface area contributed by atoms with E-state index in [4.69, 9.17) is 4.74 Å². The molecular formula is C16H22N2O6S. The number of likely N-dealkylation sites (tertiary alicyclic amines) is 1. The van der Waals surface area contributed by atoms with Gasteiger partial charge in [0.25, 0.3) is 5.91 Å². The molecule has 0 spiro atoms. The molecule has 2 rings (SSSR count). The quantitative estimate of drug-likeness (QED) is 0.762. The predicted molar refractivity (Wildman–Crippen MR) is 89.8 cm³/mol. The van der Waals surface area contributed by atoms with Crippen molar-refractivity contribution in [1.29, 1.82) is 0 Å². The van der Waals surface area contributed by atoms with Crippen LogP contribution in [0, 0.1) is 0 Å². The number of nitrogens with one attached hydrogen (secondary N) is 1. The van der Waals surface area contributed by atoms with Gasteiger partial charge < -0.3 is 14.7 Å². The van der Waals surface area contributed by atoms with E-state index in [1.807, 2.05) is 0 Å². The number of carbonyl (C=O) groups is 2. The van der Waals surface area contributed by atoms with Crippen molar-refractivity contribution in [2.24, 2.45) is 0 Å². The lowest BCUT2D eigenvalue weighted by atomic mass is 10.1. The fourth-order valence-corrected chi connectivity index (χ4v) is 4.00. The maximum atomic E-state index is 12.6. The zero-order chi connectivity index (χ0) is 18.8. The summed E-state index contributed by atoms with van der Waals surface area (Å²) < 4.78 is 31.8. The Bertz CT molecular complexity index is 744. The molecule has 1 amide bonds. The summed E-state index contributed by atoms with van der Waals surface area (Å²) in [5.41, 5.74) is 0.228. The Morgan fingerprint density at radius 2 is 1.88 bits per heavy atom. The molecule has 0 saturated carbocycles. The van der Waals surface area contributed by atoms with Crippen LogP contribution < -0.4 is 4.72 Å². The van der Waals surface area contributed by atoms with E-state index >= 15 is 0 Å². The molecule has 0 radical (unpaired) electrons. The highest BCUT2D eigenvalue weighted by atomic mass is 32.2. The molecule has 138 valence electrons. The molecule has 1 aliphatic rings. The Labute approximate surface area is 146 Å². The average Bonchev–Trinajstić information content (AvgIpc) is 2.98. The van der Waals surface area contributed by atoms with Gasteiger partial charge >= 0.3 is 5.97 Å². The molecule has 1 fully saturated rings. The second kappa shape index (κ2) is 7.51. The van der Waals surface area contributed by atoms with Crippen molar-refractivity contribution in [3.63, 3.8) is 0 Å². The first-order valence-corrected chi connectivity index (χ1v) is 9.33. The number of carboxylic acids is 1. The van der Waals surface area contributed by atoms with Gasteiger partial charge in [0.15, 0.2) is 0 Å². The third kappa shape index (κ3) is 4.36. The minimum atomic E-state index is -3.65. The van der Waals surface area contributed by atoms with Crippen molar-refractivity contribution in [2.75, 3.05) is 13.7 Å². The highest BCUT2D eigenvalue weighted by Crippen LogP contribution is 2.23. The average molecular weight is 370 g/mol. The summed E-state index contributed by atoms with van der Waals surface area (Å²) in [5, 5.41) is 9.29. The second-order valence-corrected chi connectivity index (χ2v) is 7.92. The molecule has 25 heavy (non-hydrogen) atoms. The highest BCUT2D eigenvalue weighted by molar-refractivity contribution is 7.89. The molecule has 0 aromatic heterocycles. The number of nitrogens with zero attached hydrogens (tertiary/aromatic N) is 1. The van der Waals surface area contributed by atoms with Gasteiger partial charge in [0, 0.05) is 31.7 Å². The zero-order valence-corrected chi connectivity index (χ0v) is 15.1. The van der Waals surface area contributed by atoms with Crippen LogP contribution in [0.1, 0.15) is 30.6 Å². The lowest BCUT2D eigenvalue weighted by molar-refractivity contribution is -0.141. The maximum Gasteiger partial charge on any atom is 0.326 e. The van der Waals surface area contributed by atoms with Crippen LogP contribution >= 0.6 is 0 Å². The maximum absolute atomic E-state index is 12.6. The Morgan fingerprint density at radius 1 is 1.28 bits per heavy atom. The monoisotopic (exact) mass is 370 g/mol. The zero-order valence-electron chi connectivity index (χ0n) is 14.3. The van der Waals surface area contributed by atoms with Crippen LogP contribution in [0.25, 0.3) is 0 Å². The fraction of sp³-hybridized carbons (Fsp3) is 0.500. The molecule has 2 N–H and O–H groups in total. The van der Waals surface area contributed by atoms with Gasteiger partial charge in [-0.15, -0.1) is 0 Å². The Morgan fingerprint density at radius 3 is 2.36 bits per heavy atom. The minimum Gasteiger partial charge on any atom is -0.480 e. The Balaban J connectivity index is 2.21. The molecule has 0 bridgehead atoms. The van der Waals surface area contributed by atoms with Gasteiger partial charge in [-0.2, -0.15) is 0 Å². The molecule has 1 aromatic rings. The van der Waals surface area contributed by atoms with Crippen LogP contribution in [-0.2, 0) is 19.6 Å². The number of methoxy groups -OCH3 is 1. The fourth-order valence-electron chi connectivity index (χ4n) is 2.75. The smallest absolute Gasteiger partial charge is 0.326 e. The third-order valence-corrected chi connectivity index (χ3v) is 5.62. The molecule has 1 aliphatic heterocycles. The number of hydrogen-bond donors (Lipinski definition) is 2. The van der Waals surface area contributed by atoms with Crippen molar-refractivity contribution in [3.05, 3.63) is 29.8 Å². The van der Waals surface area contributed by atoms with E-state index in [0.29, 0.717) is 0 Å². The van der Waals surface area contributed by atoms with E-state index < -0.39 is 27.9 Å². The van der Waals surface area contributed by atoms with E-state index in [1.54, 1.807) is 13.8 Å². The first-order chi connectivity index (χ1) is 11.7. The summed E-state index contributed by atoms with van der Waals surface area (Å²) in [6.45, 7) is 3.60. The topological polar surface area (TPSA) is 113 Å². The summed E-state index contributed by atoms with van der Waals surface area (Å²) in [6, 6.07) is 4.23. The molecule has 9 heteroatoms. The Hall–Kier alpha value is -1.97. The summed E-state index contributed by atoms with van der Waals surface area (Å²) in [4.78, 5) is 25.3. The highest BCUT2D eigenvalue weighted by Gasteiger charge is 2.40. The first kappa shape index (κ1) is 19.4. The number of amides is 1. The first-order valence-electron chi connectivity index (χ1n) is 7.84. The van der Waals surface area contributed by atoms with Crippen LogP contribution in [0.5, 0.6) is 0 Å². The van der Waals surface area contributed by atoms with Gasteiger partial charge in [0.2, 0.25) is 10.0 Å². The van der Waals surface area contributed by atoms with E-state index in [0.717, 1.165) is 0 Å². The SMILES string of the molecule is COC1CC(C(=O)O)N(C(=O)c2ccc(S(=O)(=O)NC(C)C)cc2)C1. The van der Waals surface area contributed by atoms with Gasteiger partial charge in [-0.25, -0.2) is 17.9 Å². The molecule has 1 aromatic carbocycles. The van der Waals surface area contributed by atoms with Gasteiger partial charge in [-0.3, -0.25) is 4.79 Å². The summed E-state index contributed by atoms with van der Waals surface area (Å²) >= 11 is 0. The number of carboxylic acid groups (broad SMARTS) is 1. The number of aliphatic carboxylic acids is 1. The van der Waals surface area contributed by atoms with Gasteiger partial charge in [0.05, 0.1) is 11.0 Å². The minimum absolute atomic E-state index is 0.0451. The number of ether oxygens (including phenoxy) is 1. The van der Waals surface area contributed by atoms with Crippen molar-refractivity contribution < 1.29 is 27.9 Å². The third-order valence-electron chi connectivity index (χ3n) is 3.94. The number of hydrogen-bond acceptors (Lipinski definition) is 5. The van der Waals surface area contributed by atoms with Crippen molar-refractivity contribution >= 4 is 21.9 Å². The Kier molecular flexibility index (Phi) is 5.81. The molecule has 0 aliphatic carbocycles. The predicted octanol–water partition coefficient (Wildman–Crippen LogP) is 0.687. The summed E-state index contributed by atoms with van der Waals surface area (Å²) in [6.07, 6.45) is -0.109. The van der Waals surface area contributed by atoms with Crippen LogP contribution in [-0.4, -0.2) is 62.1 Å². The second-order valence-electron chi connectivity index (χ2n) is 6.21. The van der Waals surface area contributed by atoms with Gasteiger partial charge in [-0.05, 0) is 38.1 Å². The molecule has 8 nitrogen and oxygen atoms in total. The lowest BCUT2D eigenvalue weighted by Crippen LogP contribution is -2.40. The largest absolute Gasteiger partial charge is 0.480 e. The van der Waals surface area contributed by atoms with Crippen molar-refractivity contribution in [3.8, 4) is 0 Å². The van der Waals surface area contributed by atoms with Crippen LogP contribution in [0.4, 0.5) is 0 Å². The molecular weight excluding hydrogens is 348 g/mol. The molecule has 2 unspecified atom stereocenters. The summed E-state index contributed by atoms with van der Waals surface area (Å²) in [7, 11) is -2.18. The van der Waals surface area contributed by atoms with E-state index in [-0.39, 0.29) is 35.6 Å². The van der Waals surface area contributed by atoms with Crippen LogP contribution in [0.3, 0.4) is 0 Å². The molecule has 1 saturated heterocycles.